The van der Waals surface area contributed by atoms with Gasteiger partial charge in [-0.05, 0) is 19.1 Å². The lowest BCUT2D eigenvalue weighted by atomic mass is 10.2. The molecule has 3 N–H and O–H groups in total. The fourth-order valence-electron chi connectivity index (χ4n) is 4.05. The summed E-state index contributed by atoms with van der Waals surface area (Å²) < 4.78 is 3.36. The van der Waals surface area contributed by atoms with Crippen molar-refractivity contribution in [3.05, 3.63) is 24.4 Å². The van der Waals surface area contributed by atoms with Gasteiger partial charge in [-0.15, -0.1) is 5.10 Å². The summed E-state index contributed by atoms with van der Waals surface area (Å²) in [4.78, 5) is 25.7. The third-order valence-electron chi connectivity index (χ3n) is 5.66. The zero-order chi connectivity index (χ0) is 21.7. The second-order valence-corrected chi connectivity index (χ2v) is 7.72. The number of hydrogen-bond acceptors (Lipinski definition) is 8. The average Bonchev–Trinajstić information content (AvgIpc) is 3.31. The Morgan fingerprint density at radius 2 is 2.03 bits per heavy atom. The van der Waals surface area contributed by atoms with Crippen LogP contribution in [0, 0.1) is 0 Å². The highest BCUT2D eigenvalue weighted by Gasteiger charge is 2.30. The number of rotatable bonds is 2. The van der Waals surface area contributed by atoms with E-state index < -0.39 is 0 Å². The molecule has 0 aliphatic carbocycles. The molecule has 12 heteroatoms. The number of piperazine rings is 1. The monoisotopic (exact) mass is 421 g/mol. The molecule has 1 aliphatic heterocycles. The summed E-state index contributed by atoms with van der Waals surface area (Å²) >= 11 is 0. The second kappa shape index (κ2) is 7.07. The van der Waals surface area contributed by atoms with Crippen LogP contribution in [-0.4, -0.2) is 71.3 Å². The van der Waals surface area contributed by atoms with E-state index in [4.69, 9.17) is 5.73 Å². The van der Waals surface area contributed by atoms with Gasteiger partial charge in [0.15, 0.2) is 5.65 Å². The lowest BCUT2D eigenvalue weighted by Crippen LogP contribution is -2.55. The first-order chi connectivity index (χ1) is 14.9. The van der Waals surface area contributed by atoms with Crippen LogP contribution >= 0.6 is 0 Å². The molecule has 0 spiro atoms. The van der Waals surface area contributed by atoms with Gasteiger partial charge in [-0.25, -0.2) is 9.48 Å². The fraction of sp³-hybridized carbons (Fsp3) is 0.368. The summed E-state index contributed by atoms with van der Waals surface area (Å²) in [7, 11) is 3.64. The van der Waals surface area contributed by atoms with Crippen molar-refractivity contribution in [2.45, 2.75) is 13.0 Å². The molecule has 1 fully saturated rings. The molecule has 4 aromatic rings. The number of hydrogen-bond donors (Lipinski definition) is 2. The normalized spacial score (nSPS) is 16.9. The molecule has 160 valence electrons. The predicted molar refractivity (Wildman–Crippen MR) is 117 cm³/mol. The molecular weight excluding hydrogens is 398 g/mol. The van der Waals surface area contributed by atoms with Crippen LogP contribution in [0.5, 0.6) is 0 Å². The first-order valence-electron chi connectivity index (χ1n) is 9.98. The summed E-state index contributed by atoms with van der Waals surface area (Å²) in [6, 6.07) is 5.49. The quantitative estimate of drug-likeness (QED) is 0.489. The summed E-state index contributed by atoms with van der Waals surface area (Å²) in [5.74, 6) is 0.947. The van der Waals surface area contributed by atoms with Crippen LogP contribution in [0.2, 0.25) is 0 Å². The number of fused-ring (bicyclic) bond motifs is 2. The number of amides is 2. The SMILES string of the molecule is C[C@H]1CN(C(=O)Nc2cccc3c2nnn3C)CCN1c1nc(N)nc2c1cnn2C. The van der Waals surface area contributed by atoms with E-state index in [2.05, 4.69) is 42.5 Å². The first-order valence-corrected chi connectivity index (χ1v) is 9.98. The summed E-state index contributed by atoms with van der Waals surface area (Å²) in [6.07, 6.45) is 1.75. The van der Waals surface area contributed by atoms with Gasteiger partial charge in [-0.1, -0.05) is 11.3 Å². The Morgan fingerprint density at radius 1 is 1.19 bits per heavy atom. The molecule has 0 bridgehead atoms. The highest BCUT2D eigenvalue weighted by Crippen LogP contribution is 2.28. The van der Waals surface area contributed by atoms with Crippen molar-refractivity contribution in [3.8, 4) is 0 Å². The van der Waals surface area contributed by atoms with Gasteiger partial charge in [-0.3, -0.25) is 4.68 Å². The van der Waals surface area contributed by atoms with Gasteiger partial charge in [0.2, 0.25) is 5.95 Å². The molecule has 1 aromatic carbocycles. The van der Waals surface area contributed by atoms with Crippen LogP contribution in [0.25, 0.3) is 22.1 Å². The van der Waals surface area contributed by atoms with Gasteiger partial charge >= 0.3 is 6.03 Å². The average molecular weight is 421 g/mol. The Balaban J connectivity index is 1.35. The zero-order valence-electron chi connectivity index (χ0n) is 17.5. The Labute approximate surface area is 177 Å². The third-order valence-corrected chi connectivity index (χ3v) is 5.66. The summed E-state index contributed by atoms with van der Waals surface area (Å²) in [5, 5.41) is 16.3. The predicted octanol–water partition coefficient (Wildman–Crippen LogP) is 0.970. The standard InChI is InChI=1S/C19H23N11O/c1-11-10-29(19(31)22-13-5-4-6-14-15(13)25-26-27(14)2)7-8-30(11)17-12-9-21-28(3)16(12)23-18(20)24-17/h4-6,9,11H,7-8,10H2,1-3H3,(H,22,31)(H2,20,23,24)/t11-/m0/s1. The number of anilines is 3. The molecule has 1 atom stereocenters. The number of nitrogens with two attached hydrogens (primary N) is 1. The van der Waals surface area contributed by atoms with E-state index in [1.54, 1.807) is 20.5 Å². The number of nitrogen functional groups attached to an aromatic ring is 1. The number of aryl methyl sites for hydroxylation is 2. The largest absolute Gasteiger partial charge is 0.368 e. The van der Waals surface area contributed by atoms with Gasteiger partial charge in [0.1, 0.15) is 11.3 Å². The molecule has 4 heterocycles. The molecule has 5 rings (SSSR count). The Kier molecular flexibility index (Phi) is 4.34. The maximum atomic E-state index is 13.0. The fourth-order valence-corrected chi connectivity index (χ4v) is 4.05. The summed E-state index contributed by atoms with van der Waals surface area (Å²) in [6.45, 7) is 3.75. The maximum Gasteiger partial charge on any atom is 0.322 e. The van der Waals surface area contributed by atoms with Crippen molar-refractivity contribution >= 4 is 45.6 Å². The zero-order valence-corrected chi connectivity index (χ0v) is 17.5. The number of nitrogens with zero attached hydrogens (tertiary/aromatic N) is 9. The van der Waals surface area contributed by atoms with Crippen molar-refractivity contribution < 1.29 is 4.79 Å². The van der Waals surface area contributed by atoms with Crippen LogP contribution in [0.15, 0.2) is 24.4 Å². The lowest BCUT2D eigenvalue weighted by Gasteiger charge is -2.40. The minimum Gasteiger partial charge on any atom is -0.368 e. The van der Waals surface area contributed by atoms with Crippen LogP contribution in [0.4, 0.5) is 22.2 Å². The van der Waals surface area contributed by atoms with Crippen LogP contribution in [-0.2, 0) is 14.1 Å². The lowest BCUT2D eigenvalue weighted by molar-refractivity contribution is 0.200. The van der Waals surface area contributed by atoms with Gasteiger partial charge in [0, 0.05) is 39.8 Å². The number of carbonyl (C=O) groups excluding carboxylic acids is 1. The van der Waals surface area contributed by atoms with Crippen LogP contribution < -0.4 is 16.0 Å². The Morgan fingerprint density at radius 3 is 2.84 bits per heavy atom. The van der Waals surface area contributed by atoms with Gasteiger partial charge in [-0.2, -0.15) is 15.1 Å². The number of aromatic nitrogens is 7. The number of benzene rings is 1. The number of nitrogens with one attached hydrogen (secondary N) is 1. The van der Waals surface area contributed by atoms with E-state index in [-0.39, 0.29) is 18.0 Å². The van der Waals surface area contributed by atoms with Gasteiger partial charge in [0.05, 0.1) is 22.8 Å². The highest BCUT2D eigenvalue weighted by atomic mass is 16.2. The number of carbonyl (C=O) groups is 1. The second-order valence-electron chi connectivity index (χ2n) is 7.72. The molecule has 1 aliphatic rings. The maximum absolute atomic E-state index is 13.0. The molecule has 3 aromatic heterocycles. The molecule has 0 radical (unpaired) electrons. The van der Waals surface area contributed by atoms with E-state index in [0.29, 0.717) is 36.5 Å². The minimum absolute atomic E-state index is 0.0320. The molecule has 0 saturated carbocycles. The van der Waals surface area contributed by atoms with Crippen LogP contribution in [0.1, 0.15) is 6.92 Å². The topological polar surface area (TPSA) is 136 Å². The van der Waals surface area contributed by atoms with Crippen molar-refractivity contribution in [1.29, 1.82) is 0 Å². The Hall–Kier alpha value is -3.96. The van der Waals surface area contributed by atoms with E-state index in [1.165, 1.54) is 0 Å². The van der Waals surface area contributed by atoms with E-state index in [9.17, 15) is 4.79 Å². The summed E-state index contributed by atoms with van der Waals surface area (Å²) in [5.41, 5.74) is 8.79. The Bertz CT molecular complexity index is 1290. The van der Waals surface area contributed by atoms with Crippen molar-refractivity contribution in [3.63, 3.8) is 0 Å². The van der Waals surface area contributed by atoms with E-state index >= 15 is 0 Å². The third kappa shape index (κ3) is 3.16. The molecule has 31 heavy (non-hydrogen) atoms. The van der Waals surface area contributed by atoms with E-state index in [0.717, 1.165) is 16.7 Å². The van der Waals surface area contributed by atoms with E-state index in [1.807, 2.05) is 32.3 Å². The van der Waals surface area contributed by atoms with Crippen molar-refractivity contribution in [1.82, 2.24) is 39.6 Å². The minimum atomic E-state index is -0.168. The molecule has 12 nitrogen and oxygen atoms in total. The molecule has 1 saturated heterocycles. The van der Waals surface area contributed by atoms with Crippen LogP contribution in [0.3, 0.4) is 0 Å². The number of urea groups is 1. The first kappa shape index (κ1) is 19.0. The molecule has 2 amide bonds. The smallest absolute Gasteiger partial charge is 0.322 e. The molecule has 0 unspecified atom stereocenters. The van der Waals surface area contributed by atoms with Crippen molar-refractivity contribution in [2.75, 3.05) is 35.6 Å². The van der Waals surface area contributed by atoms with Gasteiger partial charge in [0.25, 0.3) is 0 Å². The molecular formula is C19H23N11O. The highest BCUT2D eigenvalue weighted by molar-refractivity contribution is 5.98. The van der Waals surface area contributed by atoms with Crippen molar-refractivity contribution in [2.24, 2.45) is 14.1 Å². The van der Waals surface area contributed by atoms with Gasteiger partial charge < -0.3 is 20.9 Å².